The fraction of sp³-hybridized carbons (Fsp3) is 0.258. The number of carbonyl (C=O) groups excluding carboxylic acids is 2. The molecule has 0 saturated heterocycles. The Morgan fingerprint density at radius 1 is 1.00 bits per heavy atom. The second-order valence-electron chi connectivity index (χ2n) is 10.4. The van der Waals surface area contributed by atoms with E-state index in [1.165, 1.54) is 0 Å². The lowest BCUT2D eigenvalue weighted by molar-refractivity contribution is 0.0523. The number of nitrogens with one attached hydrogen (secondary N) is 1. The molecule has 1 amide bonds. The van der Waals surface area contributed by atoms with Gasteiger partial charge in [-0.25, -0.2) is 9.48 Å². The highest BCUT2D eigenvalue weighted by atomic mass is 35.5. The molecular formula is C31H32ClN3O4. The SMILES string of the molecule is Cc1cc(C(=O)Cc2cc(C(O)c3ccccc3)ccc2Cl)n(-c2cccc(CNC(=O)OC(C)(C)C)c2)n1. The normalized spacial score (nSPS) is 12.2. The van der Waals surface area contributed by atoms with Crippen molar-refractivity contribution in [3.8, 4) is 5.69 Å². The quantitative estimate of drug-likeness (QED) is 0.251. The Kier molecular flexibility index (Phi) is 8.53. The number of benzene rings is 3. The van der Waals surface area contributed by atoms with Crippen LogP contribution in [0.15, 0.2) is 78.9 Å². The lowest BCUT2D eigenvalue weighted by Gasteiger charge is -2.19. The number of Topliss-reactive ketones (excluding diaryl/α,β-unsaturated/α-hetero) is 1. The molecule has 4 rings (SSSR count). The van der Waals surface area contributed by atoms with Crippen molar-refractivity contribution in [1.82, 2.24) is 15.1 Å². The highest BCUT2D eigenvalue weighted by Crippen LogP contribution is 2.27. The number of alkyl carbamates (subject to hydrolysis) is 1. The third-order valence-electron chi connectivity index (χ3n) is 5.96. The van der Waals surface area contributed by atoms with Gasteiger partial charge >= 0.3 is 6.09 Å². The van der Waals surface area contributed by atoms with E-state index in [0.717, 1.165) is 11.1 Å². The zero-order valence-electron chi connectivity index (χ0n) is 22.4. The van der Waals surface area contributed by atoms with Crippen LogP contribution in [0.1, 0.15) is 65.3 Å². The smallest absolute Gasteiger partial charge is 0.407 e. The van der Waals surface area contributed by atoms with Crippen molar-refractivity contribution in [3.05, 3.63) is 118 Å². The Bertz CT molecular complexity index is 1470. The van der Waals surface area contributed by atoms with E-state index in [0.29, 0.717) is 33.2 Å². The number of nitrogens with zero attached hydrogens (tertiary/aromatic N) is 2. The van der Waals surface area contributed by atoms with Crippen LogP contribution in [0.3, 0.4) is 0 Å². The van der Waals surface area contributed by atoms with Crippen molar-refractivity contribution in [2.75, 3.05) is 0 Å². The zero-order chi connectivity index (χ0) is 28.2. The minimum absolute atomic E-state index is 0.0409. The van der Waals surface area contributed by atoms with E-state index < -0.39 is 17.8 Å². The number of amides is 1. The number of halogens is 1. The minimum Gasteiger partial charge on any atom is -0.444 e. The first-order valence-corrected chi connectivity index (χ1v) is 13.1. The van der Waals surface area contributed by atoms with Crippen LogP contribution in [0, 0.1) is 6.92 Å². The van der Waals surface area contributed by atoms with Crippen molar-refractivity contribution in [1.29, 1.82) is 0 Å². The van der Waals surface area contributed by atoms with E-state index in [-0.39, 0.29) is 18.7 Å². The van der Waals surface area contributed by atoms with Gasteiger partial charge in [0.1, 0.15) is 17.4 Å². The number of carbonyl (C=O) groups is 2. The summed E-state index contributed by atoms with van der Waals surface area (Å²) in [5, 5.41) is 18.6. The van der Waals surface area contributed by atoms with Gasteiger partial charge in [0.2, 0.25) is 0 Å². The Balaban J connectivity index is 1.54. The maximum Gasteiger partial charge on any atom is 0.407 e. The standard InChI is InChI=1S/C31H32ClN3O4/c1-20-15-27(35(34-20)25-12-8-9-21(16-25)19-33-30(38)39-31(2,3)4)28(36)18-24-17-23(13-14-26(24)32)29(37)22-10-6-5-7-11-22/h5-17,29,37H,18-19H2,1-4H3,(H,33,38). The predicted molar refractivity (Wildman–Crippen MR) is 151 cm³/mol. The van der Waals surface area contributed by atoms with Gasteiger partial charge in [-0.05, 0) is 74.2 Å². The zero-order valence-corrected chi connectivity index (χ0v) is 23.2. The van der Waals surface area contributed by atoms with Crippen molar-refractivity contribution in [3.63, 3.8) is 0 Å². The summed E-state index contributed by atoms with van der Waals surface area (Å²) in [6, 6.07) is 23.7. The van der Waals surface area contributed by atoms with Gasteiger partial charge in [-0.3, -0.25) is 4.79 Å². The summed E-state index contributed by atoms with van der Waals surface area (Å²) in [5.41, 5.74) is 4.06. The molecule has 202 valence electrons. The third kappa shape index (κ3) is 7.34. The summed E-state index contributed by atoms with van der Waals surface area (Å²) in [6.07, 6.45) is -1.29. The van der Waals surface area contributed by atoms with Crippen LogP contribution in [-0.2, 0) is 17.7 Å². The third-order valence-corrected chi connectivity index (χ3v) is 6.33. The first-order valence-electron chi connectivity index (χ1n) is 12.7. The van der Waals surface area contributed by atoms with E-state index in [1.54, 1.807) is 49.7 Å². The Hall–Kier alpha value is -3.94. The lowest BCUT2D eigenvalue weighted by atomic mass is 9.97. The van der Waals surface area contributed by atoms with Crippen LogP contribution < -0.4 is 5.32 Å². The molecule has 1 unspecified atom stereocenters. The molecule has 1 atom stereocenters. The molecule has 0 radical (unpaired) electrons. The number of aryl methyl sites for hydroxylation is 1. The van der Waals surface area contributed by atoms with E-state index in [2.05, 4.69) is 10.4 Å². The van der Waals surface area contributed by atoms with Crippen LogP contribution in [0.4, 0.5) is 4.79 Å². The van der Waals surface area contributed by atoms with Gasteiger partial charge in [0.05, 0.1) is 11.4 Å². The molecule has 39 heavy (non-hydrogen) atoms. The minimum atomic E-state index is -0.831. The number of rotatable bonds is 8. The number of ketones is 1. The first-order chi connectivity index (χ1) is 18.5. The van der Waals surface area contributed by atoms with Crippen LogP contribution in [0.5, 0.6) is 0 Å². The Morgan fingerprint density at radius 2 is 1.74 bits per heavy atom. The number of aromatic nitrogens is 2. The van der Waals surface area contributed by atoms with Crippen LogP contribution >= 0.6 is 11.6 Å². The van der Waals surface area contributed by atoms with Crippen molar-refractivity contribution in [2.24, 2.45) is 0 Å². The van der Waals surface area contributed by atoms with Crippen LogP contribution in [-0.4, -0.2) is 32.4 Å². The van der Waals surface area contributed by atoms with Gasteiger partial charge in [0.25, 0.3) is 0 Å². The van der Waals surface area contributed by atoms with Crippen molar-refractivity contribution >= 4 is 23.5 Å². The summed E-state index contributed by atoms with van der Waals surface area (Å²) in [5.74, 6) is -0.166. The van der Waals surface area contributed by atoms with E-state index >= 15 is 0 Å². The summed E-state index contributed by atoms with van der Waals surface area (Å²) in [6.45, 7) is 7.51. The largest absolute Gasteiger partial charge is 0.444 e. The molecule has 4 aromatic rings. The molecule has 0 spiro atoms. The molecular weight excluding hydrogens is 514 g/mol. The number of hydrogen-bond donors (Lipinski definition) is 2. The molecule has 0 bridgehead atoms. The van der Waals surface area contributed by atoms with E-state index in [1.807, 2.05) is 61.5 Å². The molecule has 1 aromatic heterocycles. The molecule has 0 aliphatic heterocycles. The Labute approximate surface area is 233 Å². The fourth-order valence-electron chi connectivity index (χ4n) is 4.17. The average molecular weight is 546 g/mol. The summed E-state index contributed by atoms with van der Waals surface area (Å²) in [7, 11) is 0. The Morgan fingerprint density at radius 3 is 2.46 bits per heavy atom. The molecule has 3 aromatic carbocycles. The number of hydrogen-bond acceptors (Lipinski definition) is 5. The van der Waals surface area contributed by atoms with Crippen LogP contribution in [0.2, 0.25) is 5.02 Å². The van der Waals surface area contributed by atoms with Gasteiger partial charge in [-0.2, -0.15) is 5.10 Å². The molecule has 0 saturated carbocycles. The molecule has 0 aliphatic carbocycles. The second kappa shape index (κ2) is 11.8. The number of aliphatic hydroxyl groups excluding tert-OH is 1. The maximum absolute atomic E-state index is 13.5. The van der Waals surface area contributed by atoms with Gasteiger partial charge in [0, 0.05) is 18.0 Å². The molecule has 8 heteroatoms. The fourth-order valence-corrected chi connectivity index (χ4v) is 4.36. The number of ether oxygens (including phenoxy) is 1. The highest BCUT2D eigenvalue weighted by Gasteiger charge is 2.20. The lowest BCUT2D eigenvalue weighted by Crippen LogP contribution is -2.32. The van der Waals surface area contributed by atoms with Crippen molar-refractivity contribution < 1.29 is 19.4 Å². The van der Waals surface area contributed by atoms with Gasteiger partial charge in [-0.15, -0.1) is 0 Å². The molecule has 7 nitrogen and oxygen atoms in total. The van der Waals surface area contributed by atoms with Crippen molar-refractivity contribution in [2.45, 2.75) is 52.4 Å². The predicted octanol–water partition coefficient (Wildman–Crippen LogP) is 6.37. The van der Waals surface area contributed by atoms with Gasteiger partial charge < -0.3 is 15.2 Å². The van der Waals surface area contributed by atoms with Gasteiger partial charge in [0.15, 0.2) is 5.78 Å². The first kappa shape index (κ1) is 28.1. The van der Waals surface area contributed by atoms with E-state index in [4.69, 9.17) is 16.3 Å². The number of aliphatic hydroxyl groups is 1. The highest BCUT2D eigenvalue weighted by molar-refractivity contribution is 6.31. The molecule has 0 fully saturated rings. The maximum atomic E-state index is 13.5. The van der Waals surface area contributed by atoms with Crippen LogP contribution in [0.25, 0.3) is 5.69 Å². The summed E-state index contributed by atoms with van der Waals surface area (Å²) >= 11 is 6.46. The summed E-state index contributed by atoms with van der Waals surface area (Å²) in [4.78, 5) is 25.6. The van der Waals surface area contributed by atoms with E-state index in [9.17, 15) is 14.7 Å². The average Bonchev–Trinajstić information content (AvgIpc) is 3.30. The molecule has 0 aliphatic rings. The topological polar surface area (TPSA) is 93.5 Å². The second-order valence-corrected chi connectivity index (χ2v) is 10.8. The summed E-state index contributed by atoms with van der Waals surface area (Å²) < 4.78 is 6.91. The molecule has 2 N–H and O–H groups in total. The van der Waals surface area contributed by atoms with Gasteiger partial charge in [-0.1, -0.05) is 66.2 Å². The molecule has 1 heterocycles. The monoisotopic (exact) mass is 545 g/mol.